The summed E-state index contributed by atoms with van der Waals surface area (Å²) >= 11 is 6.28. The average molecular weight is 284 g/mol. The van der Waals surface area contributed by atoms with E-state index in [1.165, 1.54) is 0 Å². The van der Waals surface area contributed by atoms with Gasteiger partial charge in [0.05, 0.1) is 17.6 Å². The summed E-state index contributed by atoms with van der Waals surface area (Å²) in [7, 11) is 1.65. The number of ether oxygens (including phenoxy) is 1. The Kier molecular flexibility index (Phi) is 3.33. The Morgan fingerprint density at radius 2 is 1.85 bits per heavy atom. The molecule has 3 rings (SSSR count). The lowest BCUT2D eigenvalue weighted by atomic mass is 10.1. The van der Waals surface area contributed by atoms with Crippen molar-refractivity contribution in [2.24, 2.45) is 0 Å². The van der Waals surface area contributed by atoms with E-state index in [-0.39, 0.29) is 0 Å². The van der Waals surface area contributed by atoms with E-state index in [0.717, 1.165) is 33.5 Å². The highest BCUT2D eigenvalue weighted by molar-refractivity contribution is 6.33. The molecule has 0 spiro atoms. The molecule has 0 saturated heterocycles. The second kappa shape index (κ2) is 5.14. The highest BCUT2D eigenvalue weighted by Crippen LogP contribution is 2.35. The highest BCUT2D eigenvalue weighted by atomic mass is 35.5. The van der Waals surface area contributed by atoms with Crippen LogP contribution < -0.4 is 4.74 Å². The van der Waals surface area contributed by atoms with Gasteiger partial charge in [-0.15, -0.1) is 0 Å². The molecule has 0 fully saturated rings. The van der Waals surface area contributed by atoms with Crippen molar-refractivity contribution in [3.63, 3.8) is 0 Å². The summed E-state index contributed by atoms with van der Waals surface area (Å²) in [6, 6.07) is 15.8. The molecule has 0 radical (unpaired) electrons. The molecule has 3 aromatic rings. The SMILES string of the molecule is COc1cc2cccc(C)c2nc1-c1ccccc1Cl. The number of rotatable bonds is 2. The maximum absolute atomic E-state index is 6.28. The largest absolute Gasteiger partial charge is 0.494 e. The number of pyridine rings is 1. The molecule has 0 atom stereocenters. The highest BCUT2D eigenvalue weighted by Gasteiger charge is 2.13. The number of aromatic nitrogens is 1. The third-order valence-electron chi connectivity index (χ3n) is 3.36. The number of hydrogen-bond donors (Lipinski definition) is 0. The predicted octanol–water partition coefficient (Wildman–Crippen LogP) is 4.87. The van der Waals surface area contributed by atoms with E-state index in [9.17, 15) is 0 Å². The van der Waals surface area contributed by atoms with Gasteiger partial charge in [0.2, 0.25) is 0 Å². The van der Waals surface area contributed by atoms with Gasteiger partial charge in [-0.05, 0) is 24.6 Å². The van der Waals surface area contributed by atoms with Crippen LogP contribution in [0.3, 0.4) is 0 Å². The van der Waals surface area contributed by atoms with Crippen LogP contribution in [0.25, 0.3) is 22.2 Å². The van der Waals surface area contributed by atoms with Crippen LogP contribution in [0.1, 0.15) is 5.56 Å². The van der Waals surface area contributed by atoms with Gasteiger partial charge in [-0.2, -0.15) is 0 Å². The summed E-state index contributed by atoms with van der Waals surface area (Å²) in [6.07, 6.45) is 0. The molecule has 2 aromatic carbocycles. The van der Waals surface area contributed by atoms with E-state index in [1.807, 2.05) is 42.5 Å². The van der Waals surface area contributed by atoms with Crippen LogP contribution in [-0.2, 0) is 0 Å². The fraction of sp³-hybridized carbons (Fsp3) is 0.118. The van der Waals surface area contributed by atoms with Crippen molar-refractivity contribution in [1.29, 1.82) is 0 Å². The van der Waals surface area contributed by atoms with Crippen LogP contribution in [0.15, 0.2) is 48.5 Å². The number of halogens is 1. The topological polar surface area (TPSA) is 22.1 Å². The molecule has 3 heteroatoms. The van der Waals surface area contributed by atoms with Gasteiger partial charge in [0, 0.05) is 10.9 Å². The molecular formula is C17H14ClNO. The number of fused-ring (bicyclic) bond motifs is 1. The molecule has 20 heavy (non-hydrogen) atoms. The van der Waals surface area contributed by atoms with E-state index in [0.29, 0.717) is 5.02 Å². The Balaban J connectivity index is 2.34. The van der Waals surface area contributed by atoms with Crippen LogP contribution in [0.2, 0.25) is 5.02 Å². The normalized spacial score (nSPS) is 10.8. The Hall–Kier alpha value is -2.06. The van der Waals surface area contributed by atoms with Crippen molar-refractivity contribution in [3.8, 4) is 17.0 Å². The number of benzene rings is 2. The molecule has 0 aliphatic rings. The van der Waals surface area contributed by atoms with Crippen molar-refractivity contribution in [2.75, 3.05) is 7.11 Å². The van der Waals surface area contributed by atoms with E-state index in [1.54, 1.807) is 7.11 Å². The zero-order chi connectivity index (χ0) is 14.1. The first-order chi connectivity index (χ1) is 9.70. The first kappa shape index (κ1) is 12.9. The first-order valence-corrected chi connectivity index (χ1v) is 6.78. The standard InChI is InChI=1S/C17H14ClNO/c1-11-6-5-7-12-10-15(20-2)17(19-16(11)12)13-8-3-4-9-14(13)18/h3-10H,1-2H3. The Labute approximate surface area is 123 Å². The first-order valence-electron chi connectivity index (χ1n) is 6.40. The maximum atomic E-state index is 6.28. The molecule has 1 aromatic heterocycles. The Morgan fingerprint density at radius 1 is 1.05 bits per heavy atom. The van der Waals surface area contributed by atoms with Gasteiger partial charge in [0.25, 0.3) is 0 Å². The second-order valence-corrected chi connectivity index (χ2v) is 5.07. The fourth-order valence-corrected chi connectivity index (χ4v) is 2.55. The lowest BCUT2D eigenvalue weighted by molar-refractivity contribution is 0.415. The van der Waals surface area contributed by atoms with Crippen LogP contribution in [0.4, 0.5) is 0 Å². The smallest absolute Gasteiger partial charge is 0.145 e. The molecule has 0 amide bonds. The third kappa shape index (κ3) is 2.12. The van der Waals surface area contributed by atoms with Crippen LogP contribution in [0, 0.1) is 6.92 Å². The number of nitrogens with zero attached hydrogens (tertiary/aromatic N) is 1. The van der Waals surface area contributed by atoms with E-state index < -0.39 is 0 Å². The van der Waals surface area contributed by atoms with E-state index in [2.05, 4.69) is 13.0 Å². The third-order valence-corrected chi connectivity index (χ3v) is 3.69. The summed E-state index contributed by atoms with van der Waals surface area (Å²) in [5.74, 6) is 0.733. The van der Waals surface area contributed by atoms with Crippen LogP contribution in [-0.4, -0.2) is 12.1 Å². The lowest BCUT2D eigenvalue weighted by Crippen LogP contribution is -1.94. The molecule has 0 saturated carbocycles. The molecule has 0 bridgehead atoms. The molecule has 0 aliphatic heterocycles. The summed E-state index contributed by atoms with van der Waals surface area (Å²) < 4.78 is 5.48. The van der Waals surface area contributed by atoms with Crippen molar-refractivity contribution in [3.05, 3.63) is 59.1 Å². The summed E-state index contributed by atoms with van der Waals surface area (Å²) in [6.45, 7) is 2.05. The second-order valence-electron chi connectivity index (χ2n) is 4.67. The molecule has 0 aliphatic carbocycles. The quantitative estimate of drug-likeness (QED) is 0.669. The van der Waals surface area contributed by atoms with Gasteiger partial charge in [-0.1, -0.05) is 48.0 Å². The van der Waals surface area contributed by atoms with Crippen molar-refractivity contribution in [1.82, 2.24) is 4.98 Å². The van der Waals surface area contributed by atoms with Crippen LogP contribution in [0.5, 0.6) is 5.75 Å². The van der Waals surface area contributed by atoms with Gasteiger partial charge in [-0.3, -0.25) is 0 Å². The predicted molar refractivity (Wildman–Crippen MR) is 83.5 cm³/mol. The zero-order valence-corrected chi connectivity index (χ0v) is 12.1. The molecule has 1 heterocycles. The molecule has 2 nitrogen and oxygen atoms in total. The molecule has 100 valence electrons. The summed E-state index contributed by atoms with van der Waals surface area (Å²) in [5.41, 5.74) is 3.78. The lowest BCUT2D eigenvalue weighted by Gasteiger charge is -2.12. The van der Waals surface area contributed by atoms with E-state index in [4.69, 9.17) is 21.3 Å². The Bertz CT molecular complexity index is 783. The van der Waals surface area contributed by atoms with Crippen molar-refractivity contribution >= 4 is 22.5 Å². The maximum Gasteiger partial charge on any atom is 0.145 e. The summed E-state index contributed by atoms with van der Waals surface area (Å²) in [5, 5.41) is 1.74. The molecular weight excluding hydrogens is 270 g/mol. The number of hydrogen-bond acceptors (Lipinski definition) is 2. The monoisotopic (exact) mass is 283 g/mol. The number of methoxy groups -OCH3 is 1. The van der Waals surface area contributed by atoms with Gasteiger partial charge in [0.15, 0.2) is 0 Å². The number of para-hydroxylation sites is 1. The minimum atomic E-state index is 0.672. The van der Waals surface area contributed by atoms with Gasteiger partial charge in [-0.25, -0.2) is 4.98 Å². The van der Waals surface area contributed by atoms with Crippen molar-refractivity contribution in [2.45, 2.75) is 6.92 Å². The van der Waals surface area contributed by atoms with E-state index >= 15 is 0 Å². The molecule has 0 N–H and O–H groups in total. The average Bonchev–Trinajstić information content (AvgIpc) is 2.47. The minimum absolute atomic E-state index is 0.672. The van der Waals surface area contributed by atoms with Crippen molar-refractivity contribution < 1.29 is 4.74 Å². The van der Waals surface area contributed by atoms with Gasteiger partial charge < -0.3 is 4.74 Å². The minimum Gasteiger partial charge on any atom is -0.494 e. The zero-order valence-electron chi connectivity index (χ0n) is 11.4. The molecule has 0 unspecified atom stereocenters. The fourth-order valence-electron chi connectivity index (χ4n) is 2.33. The number of aryl methyl sites for hydroxylation is 1. The van der Waals surface area contributed by atoms with Gasteiger partial charge in [0.1, 0.15) is 11.4 Å². The summed E-state index contributed by atoms with van der Waals surface area (Å²) in [4.78, 5) is 4.77. The van der Waals surface area contributed by atoms with Gasteiger partial charge >= 0.3 is 0 Å². The Morgan fingerprint density at radius 3 is 2.60 bits per heavy atom. The van der Waals surface area contributed by atoms with Crippen LogP contribution >= 0.6 is 11.6 Å².